The third kappa shape index (κ3) is 6.74. The van der Waals surface area contributed by atoms with E-state index in [1.807, 2.05) is 30.9 Å². The third-order valence-electron chi connectivity index (χ3n) is 6.44. The van der Waals surface area contributed by atoms with Crippen LogP contribution >= 0.6 is 22.9 Å². The van der Waals surface area contributed by atoms with Gasteiger partial charge >= 0.3 is 6.18 Å². The summed E-state index contributed by atoms with van der Waals surface area (Å²) in [7, 11) is 0. The number of halogens is 4. The van der Waals surface area contributed by atoms with Gasteiger partial charge < -0.3 is 5.32 Å². The quantitative estimate of drug-likeness (QED) is 0.396. The third-order valence-corrected chi connectivity index (χ3v) is 7.86. The van der Waals surface area contributed by atoms with E-state index in [1.54, 1.807) is 12.1 Å². The Hall–Kier alpha value is -2.08. The number of nitriles is 1. The van der Waals surface area contributed by atoms with Gasteiger partial charge in [-0.1, -0.05) is 37.6 Å². The van der Waals surface area contributed by atoms with E-state index in [0.717, 1.165) is 28.8 Å². The maximum Gasteiger partial charge on any atom is 0.390 e. The molecule has 1 aromatic heterocycles. The molecule has 1 aromatic carbocycles. The van der Waals surface area contributed by atoms with Gasteiger partial charge in [-0.3, -0.25) is 9.69 Å². The zero-order valence-corrected chi connectivity index (χ0v) is 20.9. The Labute approximate surface area is 207 Å². The number of carbonyl (C=O) groups is 1. The number of rotatable bonds is 9. The van der Waals surface area contributed by atoms with Crippen molar-refractivity contribution in [3.05, 3.63) is 50.9 Å². The van der Waals surface area contributed by atoms with E-state index in [-0.39, 0.29) is 24.4 Å². The minimum Gasteiger partial charge on any atom is -0.316 e. The summed E-state index contributed by atoms with van der Waals surface area (Å²) in [4.78, 5) is 15.5. The maximum atomic E-state index is 13.0. The fraction of sp³-hybridized carbons (Fsp3) is 0.520. The predicted octanol–water partition coefficient (Wildman–Crippen LogP) is 6.96. The monoisotopic (exact) mass is 511 g/mol. The second-order valence-electron chi connectivity index (χ2n) is 8.68. The van der Waals surface area contributed by atoms with Gasteiger partial charge in [0, 0.05) is 34.9 Å². The maximum absolute atomic E-state index is 13.0. The van der Waals surface area contributed by atoms with Crippen molar-refractivity contribution >= 4 is 33.8 Å². The second-order valence-corrected chi connectivity index (χ2v) is 10.2. The predicted molar refractivity (Wildman–Crippen MR) is 130 cm³/mol. The topological polar surface area (TPSA) is 56.1 Å². The molecule has 1 atom stereocenters. The first kappa shape index (κ1) is 26.5. The van der Waals surface area contributed by atoms with Crippen molar-refractivity contribution in [1.29, 1.82) is 5.26 Å². The average molecular weight is 512 g/mol. The van der Waals surface area contributed by atoms with E-state index in [1.165, 1.54) is 11.3 Å². The van der Waals surface area contributed by atoms with Gasteiger partial charge in [-0.2, -0.15) is 18.4 Å². The van der Waals surface area contributed by atoms with Crippen LogP contribution in [0.3, 0.4) is 0 Å². The lowest BCUT2D eigenvalue weighted by atomic mass is 9.90. The number of hydrogen-bond donors (Lipinski definition) is 1. The van der Waals surface area contributed by atoms with Crippen LogP contribution in [0.2, 0.25) is 5.02 Å². The van der Waals surface area contributed by atoms with Crippen molar-refractivity contribution in [1.82, 2.24) is 4.90 Å². The summed E-state index contributed by atoms with van der Waals surface area (Å²) in [6.45, 7) is 4.21. The number of nitrogens with one attached hydrogen (secondary N) is 1. The standard InChI is InChI=1S/C25H29ClF3N3OS/c1-3-17(4-2)23(33)31-24-21(14-30)20-10-9-19(13-22(20)34-24)32(12-11-25(27,28)29)15-16-5-7-18(26)8-6-16/h5-8,17,19H,3-4,9-13,15H2,1-2H3,(H,31,33). The fourth-order valence-electron chi connectivity index (χ4n) is 4.45. The lowest BCUT2D eigenvalue weighted by Crippen LogP contribution is -2.40. The molecule has 0 aliphatic heterocycles. The van der Waals surface area contributed by atoms with Crippen molar-refractivity contribution in [3.63, 3.8) is 0 Å². The van der Waals surface area contributed by atoms with E-state index in [2.05, 4.69) is 11.4 Å². The molecule has 2 aromatic rings. The highest BCUT2D eigenvalue weighted by atomic mass is 35.5. The Morgan fingerprint density at radius 1 is 1.29 bits per heavy atom. The lowest BCUT2D eigenvalue weighted by molar-refractivity contribution is -0.139. The summed E-state index contributed by atoms with van der Waals surface area (Å²) in [6.07, 6.45) is -1.86. The molecule has 34 heavy (non-hydrogen) atoms. The van der Waals surface area contributed by atoms with Gasteiger partial charge in [-0.05, 0) is 55.4 Å². The van der Waals surface area contributed by atoms with Crippen LogP contribution in [0, 0.1) is 17.2 Å². The Morgan fingerprint density at radius 3 is 2.56 bits per heavy atom. The number of amides is 1. The molecule has 0 bridgehead atoms. The molecular weight excluding hydrogens is 483 g/mol. The molecule has 1 aliphatic carbocycles. The fourth-order valence-corrected chi connectivity index (χ4v) is 5.84. The molecule has 184 valence electrons. The number of fused-ring (bicyclic) bond motifs is 1. The summed E-state index contributed by atoms with van der Waals surface area (Å²) in [5, 5.41) is 13.8. The van der Waals surface area contributed by atoms with Crippen molar-refractivity contribution in [3.8, 4) is 6.07 Å². The van der Waals surface area contributed by atoms with Crippen LogP contribution in [0.1, 0.15) is 61.1 Å². The number of anilines is 1. The Balaban J connectivity index is 1.81. The molecule has 3 rings (SSSR count). The van der Waals surface area contributed by atoms with Crippen molar-refractivity contribution in [2.24, 2.45) is 5.92 Å². The van der Waals surface area contributed by atoms with E-state index in [4.69, 9.17) is 11.6 Å². The first-order valence-corrected chi connectivity index (χ1v) is 12.7. The molecular formula is C25H29ClF3N3OS. The van der Waals surface area contributed by atoms with Crippen molar-refractivity contribution in [2.75, 3.05) is 11.9 Å². The van der Waals surface area contributed by atoms with Crippen LogP contribution in [-0.4, -0.2) is 29.6 Å². The Bertz CT molecular complexity index is 1030. The summed E-state index contributed by atoms with van der Waals surface area (Å²) in [5.41, 5.74) is 2.32. The molecule has 1 heterocycles. The average Bonchev–Trinajstić information content (AvgIpc) is 3.14. The summed E-state index contributed by atoms with van der Waals surface area (Å²) < 4.78 is 39.1. The van der Waals surface area contributed by atoms with Crippen LogP contribution in [0.25, 0.3) is 0 Å². The molecule has 0 radical (unpaired) electrons. The number of alkyl halides is 3. The lowest BCUT2D eigenvalue weighted by Gasteiger charge is -2.34. The van der Waals surface area contributed by atoms with Crippen LogP contribution in [0.4, 0.5) is 18.2 Å². The summed E-state index contributed by atoms with van der Waals surface area (Å²) >= 11 is 7.35. The number of nitrogens with zero attached hydrogens (tertiary/aromatic N) is 2. The first-order chi connectivity index (χ1) is 16.1. The van der Waals surface area contributed by atoms with Crippen molar-refractivity contribution < 1.29 is 18.0 Å². The van der Waals surface area contributed by atoms with E-state index >= 15 is 0 Å². The zero-order chi connectivity index (χ0) is 24.9. The zero-order valence-electron chi connectivity index (χ0n) is 19.3. The van der Waals surface area contributed by atoms with E-state index < -0.39 is 12.6 Å². The highest BCUT2D eigenvalue weighted by molar-refractivity contribution is 7.16. The van der Waals surface area contributed by atoms with Gasteiger partial charge in [0.1, 0.15) is 11.1 Å². The molecule has 1 N–H and O–H groups in total. The SMILES string of the molecule is CCC(CC)C(=O)Nc1sc2c(c1C#N)CCC(N(CCC(F)(F)F)Cc1ccc(Cl)cc1)C2. The highest BCUT2D eigenvalue weighted by Gasteiger charge is 2.33. The molecule has 1 unspecified atom stereocenters. The second kappa shape index (κ2) is 11.6. The number of thiophene rings is 1. The molecule has 0 fully saturated rings. The molecule has 0 spiro atoms. The van der Waals surface area contributed by atoms with E-state index in [0.29, 0.717) is 41.4 Å². The molecule has 1 aliphatic rings. The number of hydrogen-bond acceptors (Lipinski definition) is 4. The molecule has 1 amide bonds. The van der Waals surface area contributed by atoms with Gasteiger partial charge in [0.2, 0.25) is 5.91 Å². The van der Waals surface area contributed by atoms with Gasteiger partial charge in [0.05, 0.1) is 12.0 Å². The minimum atomic E-state index is -4.23. The van der Waals surface area contributed by atoms with Crippen LogP contribution in [0.15, 0.2) is 24.3 Å². The van der Waals surface area contributed by atoms with E-state index in [9.17, 15) is 23.2 Å². The first-order valence-electron chi connectivity index (χ1n) is 11.6. The summed E-state index contributed by atoms with van der Waals surface area (Å²) in [6, 6.07) is 9.31. The Morgan fingerprint density at radius 2 is 1.97 bits per heavy atom. The Kier molecular flexibility index (Phi) is 9.02. The van der Waals surface area contributed by atoms with Gasteiger partial charge in [0.15, 0.2) is 0 Å². The molecule has 0 saturated heterocycles. The highest BCUT2D eigenvalue weighted by Crippen LogP contribution is 2.39. The van der Waals surface area contributed by atoms with Crippen LogP contribution < -0.4 is 5.32 Å². The largest absolute Gasteiger partial charge is 0.390 e. The van der Waals surface area contributed by atoms with Crippen LogP contribution in [-0.2, 0) is 24.2 Å². The normalized spacial score (nSPS) is 15.9. The molecule has 9 heteroatoms. The van der Waals surface area contributed by atoms with Gasteiger partial charge in [-0.25, -0.2) is 0 Å². The van der Waals surface area contributed by atoms with Gasteiger partial charge in [0.25, 0.3) is 0 Å². The molecule has 4 nitrogen and oxygen atoms in total. The minimum absolute atomic E-state index is 0.0849. The summed E-state index contributed by atoms with van der Waals surface area (Å²) in [5.74, 6) is -0.207. The number of carbonyl (C=O) groups excluding carboxylic acids is 1. The van der Waals surface area contributed by atoms with Crippen molar-refractivity contribution in [2.45, 2.75) is 71.1 Å². The number of benzene rings is 1. The smallest absolute Gasteiger partial charge is 0.316 e. The van der Waals surface area contributed by atoms with Gasteiger partial charge in [-0.15, -0.1) is 11.3 Å². The molecule has 0 saturated carbocycles. The van der Waals surface area contributed by atoms with Crippen LogP contribution in [0.5, 0.6) is 0 Å².